The van der Waals surface area contributed by atoms with Crippen LogP contribution in [0.2, 0.25) is 0 Å². The van der Waals surface area contributed by atoms with Gasteiger partial charge in [-0.15, -0.1) is 0 Å². The van der Waals surface area contributed by atoms with Crippen LogP contribution < -0.4 is 5.32 Å². The number of carbonyl (C=O) groups excluding carboxylic acids is 1. The lowest BCUT2D eigenvalue weighted by atomic mass is 10.1. The van der Waals surface area contributed by atoms with E-state index in [0.29, 0.717) is 18.7 Å². The van der Waals surface area contributed by atoms with Crippen molar-refractivity contribution in [3.8, 4) is 11.8 Å². The number of nitrogens with one attached hydrogen (secondary N) is 1. The van der Waals surface area contributed by atoms with E-state index in [4.69, 9.17) is 9.84 Å². The molecule has 1 aromatic carbocycles. The van der Waals surface area contributed by atoms with Crippen molar-refractivity contribution >= 4 is 5.91 Å². The van der Waals surface area contributed by atoms with E-state index in [1.165, 1.54) is 18.2 Å². The summed E-state index contributed by atoms with van der Waals surface area (Å²) < 4.78 is 18.9. The molecule has 0 aliphatic heterocycles. The first kappa shape index (κ1) is 16.2. The minimum Gasteiger partial charge on any atom is -0.384 e. The number of halogens is 1. The highest BCUT2D eigenvalue weighted by atomic mass is 19.1. The van der Waals surface area contributed by atoms with Crippen LogP contribution in [0.15, 0.2) is 18.2 Å². The van der Waals surface area contributed by atoms with Gasteiger partial charge in [-0.05, 0) is 32.0 Å². The Morgan fingerprint density at radius 1 is 1.55 bits per heavy atom. The van der Waals surface area contributed by atoms with Gasteiger partial charge in [0, 0.05) is 18.7 Å². The molecule has 108 valence electrons. The molecule has 5 heteroatoms. The summed E-state index contributed by atoms with van der Waals surface area (Å²) in [5.74, 6) is 3.96. The van der Waals surface area contributed by atoms with Gasteiger partial charge in [0.05, 0.1) is 11.7 Å². The van der Waals surface area contributed by atoms with Gasteiger partial charge < -0.3 is 15.2 Å². The molecule has 20 heavy (non-hydrogen) atoms. The predicted octanol–water partition coefficient (Wildman–Crippen LogP) is 1.32. The molecule has 1 unspecified atom stereocenters. The van der Waals surface area contributed by atoms with Crippen molar-refractivity contribution in [2.45, 2.75) is 20.0 Å². The van der Waals surface area contributed by atoms with Gasteiger partial charge in [-0.1, -0.05) is 11.8 Å². The van der Waals surface area contributed by atoms with Gasteiger partial charge in [0.1, 0.15) is 12.4 Å². The zero-order valence-corrected chi connectivity index (χ0v) is 11.6. The number of ether oxygens (including phenoxy) is 1. The van der Waals surface area contributed by atoms with E-state index in [1.54, 1.807) is 0 Å². The maximum atomic E-state index is 13.6. The molecular weight excluding hydrogens is 261 g/mol. The van der Waals surface area contributed by atoms with Crippen molar-refractivity contribution in [1.82, 2.24) is 5.32 Å². The summed E-state index contributed by atoms with van der Waals surface area (Å²) in [5.41, 5.74) is 0.405. The Balaban J connectivity index is 2.76. The first-order valence-electron chi connectivity index (χ1n) is 6.37. The topological polar surface area (TPSA) is 58.6 Å². The van der Waals surface area contributed by atoms with Gasteiger partial charge in [0.15, 0.2) is 0 Å². The minimum atomic E-state index is -0.610. The quantitative estimate of drug-likeness (QED) is 0.799. The van der Waals surface area contributed by atoms with E-state index in [2.05, 4.69) is 17.2 Å². The lowest BCUT2D eigenvalue weighted by Gasteiger charge is -2.12. The summed E-state index contributed by atoms with van der Waals surface area (Å²) in [7, 11) is 0. The third-order valence-electron chi connectivity index (χ3n) is 2.52. The molecule has 0 spiro atoms. The lowest BCUT2D eigenvalue weighted by molar-refractivity contribution is 0.0693. The molecule has 0 fully saturated rings. The summed E-state index contributed by atoms with van der Waals surface area (Å²) in [6.07, 6.45) is -0.135. The van der Waals surface area contributed by atoms with E-state index >= 15 is 0 Å². The summed E-state index contributed by atoms with van der Waals surface area (Å²) >= 11 is 0. The summed E-state index contributed by atoms with van der Waals surface area (Å²) in [4.78, 5) is 11.9. The number of hydrogen-bond donors (Lipinski definition) is 2. The van der Waals surface area contributed by atoms with Crippen LogP contribution in [-0.2, 0) is 4.74 Å². The highest BCUT2D eigenvalue weighted by Gasteiger charge is 2.13. The Labute approximate surface area is 117 Å². The standard InChI is InChI=1S/C15H18FNO3/c1-3-20-11(2)10-17-15(19)13-9-12(5-4-8-18)6-7-14(13)16/h6-7,9,11,18H,3,8,10H2,1-2H3,(H,17,19). The van der Waals surface area contributed by atoms with E-state index in [-0.39, 0.29) is 18.3 Å². The minimum absolute atomic E-state index is 0.0709. The number of aliphatic hydroxyl groups is 1. The molecule has 0 radical (unpaired) electrons. The molecular formula is C15H18FNO3. The zero-order chi connectivity index (χ0) is 15.0. The van der Waals surface area contributed by atoms with Gasteiger partial charge >= 0.3 is 0 Å². The summed E-state index contributed by atoms with van der Waals surface area (Å²) in [6, 6.07) is 4.00. The molecule has 0 heterocycles. The first-order chi connectivity index (χ1) is 9.58. The Morgan fingerprint density at radius 2 is 2.30 bits per heavy atom. The largest absolute Gasteiger partial charge is 0.384 e. The van der Waals surface area contributed by atoms with Gasteiger partial charge in [-0.25, -0.2) is 4.39 Å². The van der Waals surface area contributed by atoms with E-state index in [9.17, 15) is 9.18 Å². The van der Waals surface area contributed by atoms with Crippen LogP contribution in [0.5, 0.6) is 0 Å². The molecule has 1 atom stereocenters. The number of benzene rings is 1. The normalized spacial score (nSPS) is 11.4. The number of carbonyl (C=O) groups is 1. The highest BCUT2D eigenvalue weighted by molar-refractivity contribution is 5.94. The summed E-state index contributed by atoms with van der Waals surface area (Å²) in [6.45, 7) is 4.26. The average Bonchev–Trinajstić information content (AvgIpc) is 2.44. The van der Waals surface area contributed by atoms with Crippen molar-refractivity contribution in [3.05, 3.63) is 35.1 Å². The molecule has 0 aliphatic rings. The van der Waals surface area contributed by atoms with Gasteiger partial charge in [0.2, 0.25) is 0 Å². The van der Waals surface area contributed by atoms with Crippen LogP contribution in [-0.4, -0.2) is 36.9 Å². The van der Waals surface area contributed by atoms with Crippen LogP contribution in [0.25, 0.3) is 0 Å². The van der Waals surface area contributed by atoms with E-state index in [1.807, 2.05) is 13.8 Å². The average molecular weight is 279 g/mol. The molecule has 0 aliphatic carbocycles. The fraction of sp³-hybridized carbons (Fsp3) is 0.400. The smallest absolute Gasteiger partial charge is 0.254 e. The zero-order valence-electron chi connectivity index (χ0n) is 11.6. The lowest BCUT2D eigenvalue weighted by Crippen LogP contribution is -2.32. The van der Waals surface area contributed by atoms with Crippen molar-refractivity contribution < 1.29 is 19.0 Å². The van der Waals surface area contributed by atoms with Crippen molar-refractivity contribution in [3.63, 3.8) is 0 Å². The van der Waals surface area contributed by atoms with Gasteiger partial charge in [0.25, 0.3) is 5.91 Å². The van der Waals surface area contributed by atoms with Crippen molar-refractivity contribution in [2.24, 2.45) is 0 Å². The fourth-order valence-electron chi connectivity index (χ4n) is 1.59. The van der Waals surface area contributed by atoms with E-state index < -0.39 is 11.7 Å². The first-order valence-corrected chi connectivity index (χ1v) is 6.37. The monoisotopic (exact) mass is 279 g/mol. The Hall–Kier alpha value is -1.90. The van der Waals surface area contributed by atoms with Crippen molar-refractivity contribution in [2.75, 3.05) is 19.8 Å². The van der Waals surface area contributed by atoms with Crippen LogP contribution in [0.1, 0.15) is 29.8 Å². The molecule has 4 nitrogen and oxygen atoms in total. The third-order valence-corrected chi connectivity index (χ3v) is 2.52. The van der Waals surface area contributed by atoms with Gasteiger partial charge in [-0.2, -0.15) is 0 Å². The maximum Gasteiger partial charge on any atom is 0.254 e. The van der Waals surface area contributed by atoms with Gasteiger partial charge in [-0.3, -0.25) is 4.79 Å². The Morgan fingerprint density at radius 3 is 2.95 bits per heavy atom. The van der Waals surface area contributed by atoms with Crippen LogP contribution >= 0.6 is 0 Å². The molecule has 0 saturated carbocycles. The van der Waals surface area contributed by atoms with Crippen LogP contribution in [0, 0.1) is 17.7 Å². The van der Waals surface area contributed by atoms with Crippen molar-refractivity contribution in [1.29, 1.82) is 0 Å². The Kier molecular flexibility index (Phi) is 6.71. The molecule has 0 saturated heterocycles. The second-order valence-corrected chi connectivity index (χ2v) is 4.13. The summed E-state index contributed by atoms with van der Waals surface area (Å²) in [5, 5.41) is 11.2. The second kappa shape index (κ2) is 8.31. The maximum absolute atomic E-state index is 13.6. The molecule has 1 amide bonds. The number of rotatable bonds is 5. The molecule has 0 bridgehead atoms. The van der Waals surface area contributed by atoms with Crippen LogP contribution in [0.4, 0.5) is 4.39 Å². The molecule has 2 N–H and O–H groups in total. The third kappa shape index (κ3) is 5.00. The van der Waals surface area contributed by atoms with E-state index in [0.717, 1.165) is 0 Å². The fourth-order valence-corrected chi connectivity index (χ4v) is 1.59. The number of aliphatic hydroxyl groups excluding tert-OH is 1. The molecule has 0 aromatic heterocycles. The predicted molar refractivity (Wildman–Crippen MR) is 73.8 cm³/mol. The highest BCUT2D eigenvalue weighted by Crippen LogP contribution is 2.10. The Bertz CT molecular complexity index is 520. The van der Waals surface area contributed by atoms with Crippen LogP contribution in [0.3, 0.4) is 0 Å². The number of hydrogen-bond acceptors (Lipinski definition) is 3. The SMILES string of the molecule is CCOC(C)CNC(=O)c1cc(C#CCO)ccc1F. The molecule has 1 rings (SSSR count). The second-order valence-electron chi connectivity index (χ2n) is 4.13. The number of amides is 1. The molecule has 1 aromatic rings.